The third kappa shape index (κ3) is 5.55. The lowest BCUT2D eigenvalue weighted by atomic mass is 10.1. The van der Waals surface area contributed by atoms with Crippen LogP contribution >= 0.6 is 0 Å². The molecule has 32 heavy (non-hydrogen) atoms. The van der Waals surface area contributed by atoms with E-state index < -0.39 is 21.7 Å². The average molecular weight is 463 g/mol. The predicted octanol–water partition coefficient (Wildman–Crippen LogP) is 2.29. The number of amides is 2. The number of rotatable bonds is 4. The Labute approximate surface area is 188 Å². The second-order valence-electron chi connectivity index (χ2n) is 8.80. The van der Waals surface area contributed by atoms with Gasteiger partial charge in [0.1, 0.15) is 12.1 Å². The van der Waals surface area contributed by atoms with Crippen LogP contribution in [0.2, 0.25) is 0 Å². The Morgan fingerprint density at radius 2 is 1.88 bits per heavy atom. The van der Waals surface area contributed by atoms with Crippen molar-refractivity contribution in [3.8, 4) is 0 Å². The molecule has 0 atom stereocenters. The van der Waals surface area contributed by atoms with Gasteiger partial charge in [0.25, 0.3) is 0 Å². The lowest BCUT2D eigenvalue weighted by Crippen LogP contribution is -2.43. The molecule has 1 aromatic carbocycles. The van der Waals surface area contributed by atoms with Crippen molar-refractivity contribution < 1.29 is 22.7 Å². The number of nitrogens with one attached hydrogen (secondary N) is 1. The SMILES string of the molecule is Cc1cncc2cccc(S(=O)(=O)N3CCCN(C(=O)CNC(=O)OC(C)(C)C)CC3)c12. The number of sulfonamides is 1. The number of fused-ring (bicyclic) bond motifs is 1. The number of benzene rings is 1. The number of carbonyl (C=O) groups excluding carboxylic acids is 2. The molecule has 1 fully saturated rings. The van der Waals surface area contributed by atoms with E-state index >= 15 is 0 Å². The zero-order valence-corrected chi connectivity index (χ0v) is 19.7. The number of pyridine rings is 1. The summed E-state index contributed by atoms with van der Waals surface area (Å²) in [7, 11) is -3.75. The molecule has 2 aromatic rings. The maximum atomic E-state index is 13.5. The van der Waals surface area contributed by atoms with Crippen molar-refractivity contribution in [3.05, 3.63) is 36.2 Å². The molecule has 9 nitrogen and oxygen atoms in total. The molecule has 2 amide bonds. The Morgan fingerprint density at radius 1 is 1.12 bits per heavy atom. The van der Waals surface area contributed by atoms with Gasteiger partial charge in [-0.3, -0.25) is 9.78 Å². The van der Waals surface area contributed by atoms with Crippen molar-refractivity contribution in [2.24, 2.45) is 0 Å². The molecule has 1 saturated heterocycles. The summed E-state index contributed by atoms with van der Waals surface area (Å²) in [5.74, 6) is -0.276. The Balaban J connectivity index is 1.69. The zero-order chi connectivity index (χ0) is 23.5. The van der Waals surface area contributed by atoms with Crippen molar-refractivity contribution in [1.29, 1.82) is 0 Å². The minimum Gasteiger partial charge on any atom is -0.444 e. The van der Waals surface area contributed by atoms with E-state index in [9.17, 15) is 18.0 Å². The molecule has 0 aliphatic carbocycles. The number of aromatic nitrogens is 1. The Bertz CT molecular complexity index is 1110. The fourth-order valence-corrected chi connectivity index (χ4v) is 5.44. The molecule has 0 unspecified atom stereocenters. The van der Waals surface area contributed by atoms with Crippen LogP contribution in [0.1, 0.15) is 32.8 Å². The number of nitrogens with zero attached hydrogens (tertiary/aromatic N) is 3. The van der Waals surface area contributed by atoms with E-state index in [1.165, 1.54) is 4.31 Å². The van der Waals surface area contributed by atoms with Gasteiger partial charge in [0.2, 0.25) is 15.9 Å². The van der Waals surface area contributed by atoms with Gasteiger partial charge in [0.05, 0.1) is 4.90 Å². The van der Waals surface area contributed by atoms with Gasteiger partial charge in [0, 0.05) is 49.3 Å². The molecule has 1 aliphatic heterocycles. The Morgan fingerprint density at radius 3 is 2.59 bits per heavy atom. The van der Waals surface area contributed by atoms with Crippen LogP contribution in [0, 0.1) is 6.92 Å². The van der Waals surface area contributed by atoms with Crippen molar-refractivity contribution in [3.63, 3.8) is 0 Å². The summed E-state index contributed by atoms with van der Waals surface area (Å²) >= 11 is 0. The topological polar surface area (TPSA) is 109 Å². The smallest absolute Gasteiger partial charge is 0.408 e. The van der Waals surface area contributed by atoms with E-state index in [4.69, 9.17) is 4.74 Å². The van der Waals surface area contributed by atoms with Crippen molar-refractivity contribution in [1.82, 2.24) is 19.5 Å². The Kier molecular flexibility index (Phi) is 7.04. The third-order valence-corrected chi connectivity index (χ3v) is 7.08. The van der Waals surface area contributed by atoms with E-state index in [1.807, 2.05) is 13.0 Å². The fourth-order valence-electron chi connectivity index (χ4n) is 3.68. The number of carbonyl (C=O) groups is 2. The van der Waals surface area contributed by atoms with E-state index in [0.717, 1.165) is 10.9 Å². The average Bonchev–Trinajstić information content (AvgIpc) is 2.97. The van der Waals surface area contributed by atoms with Crippen LogP contribution in [-0.4, -0.2) is 72.9 Å². The summed E-state index contributed by atoms with van der Waals surface area (Å²) in [6, 6.07) is 5.17. The fraction of sp³-hybridized carbons (Fsp3) is 0.500. The number of ether oxygens (including phenoxy) is 1. The van der Waals surface area contributed by atoms with Crippen LogP contribution in [0.5, 0.6) is 0 Å². The predicted molar refractivity (Wildman–Crippen MR) is 121 cm³/mol. The van der Waals surface area contributed by atoms with Crippen LogP contribution in [0.4, 0.5) is 4.79 Å². The summed E-state index contributed by atoms with van der Waals surface area (Å²) in [6.45, 7) is 8.03. The molecule has 0 spiro atoms. The number of hydrogen-bond acceptors (Lipinski definition) is 6. The lowest BCUT2D eigenvalue weighted by molar-refractivity contribution is -0.130. The highest BCUT2D eigenvalue weighted by atomic mass is 32.2. The summed E-state index contributed by atoms with van der Waals surface area (Å²) in [4.78, 5) is 30.3. The molecule has 0 bridgehead atoms. The highest BCUT2D eigenvalue weighted by Crippen LogP contribution is 2.28. The highest BCUT2D eigenvalue weighted by molar-refractivity contribution is 7.89. The minimum absolute atomic E-state index is 0.182. The maximum Gasteiger partial charge on any atom is 0.408 e. The largest absolute Gasteiger partial charge is 0.444 e. The van der Waals surface area contributed by atoms with Gasteiger partial charge >= 0.3 is 6.09 Å². The summed E-state index contributed by atoms with van der Waals surface area (Å²) in [6.07, 6.45) is 3.15. The third-order valence-electron chi connectivity index (χ3n) is 5.14. The van der Waals surface area contributed by atoms with Gasteiger partial charge in [-0.15, -0.1) is 0 Å². The Hall–Kier alpha value is -2.72. The molecule has 0 radical (unpaired) electrons. The zero-order valence-electron chi connectivity index (χ0n) is 18.9. The first kappa shape index (κ1) is 23.9. The summed E-state index contributed by atoms with van der Waals surface area (Å²) in [5.41, 5.74) is 0.141. The standard InChI is InChI=1S/C22H30N4O5S/c1-16-13-23-14-17-7-5-8-18(20(16)17)32(29,30)26-10-6-9-25(11-12-26)19(27)15-24-21(28)31-22(2,3)4/h5,7-8,13-14H,6,9-12,15H2,1-4H3,(H,24,28). The number of hydrogen-bond donors (Lipinski definition) is 1. The van der Waals surface area contributed by atoms with E-state index in [0.29, 0.717) is 24.9 Å². The maximum absolute atomic E-state index is 13.5. The molecular formula is C22H30N4O5S. The quantitative estimate of drug-likeness (QED) is 0.747. The van der Waals surface area contributed by atoms with Crippen molar-refractivity contribution in [2.45, 2.75) is 44.6 Å². The van der Waals surface area contributed by atoms with Crippen molar-refractivity contribution >= 4 is 32.8 Å². The van der Waals surface area contributed by atoms with E-state index in [-0.39, 0.29) is 30.4 Å². The normalized spacial score (nSPS) is 15.9. The second-order valence-corrected chi connectivity index (χ2v) is 10.7. The van der Waals surface area contributed by atoms with Crippen LogP contribution in [0.15, 0.2) is 35.5 Å². The minimum atomic E-state index is -3.75. The van der Waals surface area contributed by atoms with Gasteiger partial charge in [-0.05, 0) is 45.7 Å². The van der Waals surface area contributed by atoms with E-state index in [1.54, 1.807) is 50.2 Å². The molecule has 0 saturated carbocycles. The summed E-state index contributed by atoms with van der Waals surface area (Å²) in [5, 5.41) is 3.90. The number of alkyl carbamates (subject to hydrolysis) is 1. The first-order valence-corrected chi connectivity index (χ1v) is 12.0. The van der Waals surface area contributed by atoms with Gasteiger partial charge in [-0.25, -0.2) is 13.2 Å². The van der Waals surface area contributed by atoms with Crippen molar-refractivity contribution in [2.75, 3.05) is 32.7 Å². The molecule has 1 aromatic heterocycles. The van der Waals surface area contributed by atoms with Crippen LogP contribution in [0.3, 0.4) is 0 Å². The summed E-state index contributed by atoms with van der Waals surface area (Å²) < 4.78 is 33.5. The van der Waals surface area contributed by atoms with Gasteiger partial charge in [0.15, 0.2) is 0 Å². The van der Waals surface area contributed by atoms with E-state index in [2.05, 4.69) is 10.3 Å². The highest BCUT2D eigenvalue weighted by Gasteiger charge is 2.30. The number of aryl methyl sites for hydroxylation is 1. The molecule has 1 N–H and O–H groups in total. The van der Waals surface area contributed by atoms with Gasteiger partial charge in [-0.2, -0.15) is 4.31 Å². The van der Waals surface area contributed by atoms with Crippen LogP contribution < -0.4 is 5.32 Å². The molecular weight excluding hydrogens is 432 g/mol. The molecule has 2 heterocycles. The monoisotopic (exact) mass is 462 g/mol. The molecule has 174 valence electrons. The van der Waals surface area contributed by atoms with Crippen LogP contribution in [-0.2, 0) is 19.6 Å². The first-order chi connectivity index (χ1) is 15.0. The lowest BCUT2D eigenvalue weighted by Gasteiger charge is -2.23. The molecule has 3 rings (SSSR count). The van der Waals surface area contributed by atoms with Gasteiger partial charge < -0.3 is 15.0 Å². The molecule has 1 aliphatic rings. The van der Waals surface area contributed by atoms with Gasteiger partial charge in [-0.1, -0.05) is 12.1 Å². The second kappa shape index (κ2) is 9.41. The molecule has 10 heteroatoms. The first-order valence-electron chi connectivity index (χ1n) is 10.6. The van der Waals surface area contributed by atoms with Crippen LogP contribution in [0.25, 0.3) is 10.8 Å².